The number of ether oxygens (including phenoxy) is 2. The standard InChI is InChI=1S/C83H156NO8P/c1-6-8-10-12-14-16-18-20-22-24-26-28-30-32-34-36-37-38-39-40-41-42-43-44-45-46-47-48-50-52-54-56-58-60-62-64-66-68-70-72-74-76-83(86)92-81(80-91-93(87,88)90-78-77-84(3,4)5)79-89-82(85)75-73-71-69-67-65-63-61-59-57-55-53-51-49-35-33-31-29-27-25-23-21-19-17-15-13-11-9-7-2/h8,10,14,16,20,22,26,28,32,34,81H,6-7,9,11-13,15,17-19,21,23-25,27,29-31,33,35-80H2,1-5H3/p+1/b10-8-,16-14-,22-20-,28-26-,34-32-. The number of allylic oxidation sites excluding steroid dienone is 10. The Bertz CT molecular complexity index is 1750. The largest absolute Gasteiger partial charge is 0.472 e. The molecule has 9 nitrogen and oxygen atoms in total. The molecule has 0 rings (SSSR count). The molecule has 0 amide bonds. The van der Waals surface area contributed by atoms with Gasteiger partial charge in [0, 0.05) is 12.8 Å². The van der Waals surface area contributed by atoms with Crippen molar-refractivity contribution in [1.82, 2.24) is 0 Å². The van der Waals surface area contributed by atoms with Crippen LogP contribution in [0.25, 0.3) is 0 Å². The molecule has 0 saturated heterocycles. The van der Waals surface area contributed by atoms with Crippen LogP contribution in [-0.2, 0) is 32.7 Å². The van der Waals surface area contributed by atoms with Crippen molar-refractivity contribution >= 4 is 19.8 Å². The second-order valence-corrected chi connectivity index (χ2v) is 30.2. The number of carbonyl (C=O) groups excluding carboxylic acids is 2. The molecule has 0 aromatic rings. The Morgan fingerprint density at radius 2 is 0.613 bits per heavy atom. The van der Waals surface area contributed by atoms with Crippen LogP contribution < -0.4 is 0 Å². The lowest BCUT2D eigenvalue weighted by molar-refractivity contribution is -0.870. The lowest BCUT2D eigenvalue weighted by Crippen LogP contribution is -2.37. The number of nitrogens with zero attached hydrogens (tertiary/aromatic N) is 1. The van der Waals surface area contributed by atoms with Crippen molar-refractivity contribution in [2.45, 2.75) is 412 Å². The van der Waals surface area contributed by atoms with E-state index in [9.17, 15) is 19.0 Å². The highest BCUT2D eigenvalue weighted by Gasteiger charge is 2.27. The second kappa shape index (κ2) is 73.9. The van der Waals surface area contributed by atoms with E-state index in [1.165, 1.54) is 308 Å². The Kier molecular flexibility index (Phi) is 72.1. The molecule has 10 heteroatoms. The number of phosphoric acid groups is 1. The van der Waals surface area contributed by atoms with Gasteiger partial charge in [-0.15, -0.1) is 0 Å². The van der Waals surface area contributed by atoms with Crippen molar-refractivity contribution in [1.29, 1.82) is 0 Å². The van der Waals surface area contributed by atoms with Crippen molar-refractivity contribution < 1.29 is 42.1 Å². The molecule has 0 bridgehead atoms. The normalized spacial score (nSPS) is 13.3. The van der Waals surface area contributed by atoms with Gasteiger partial charge in [0.25, 0.3) is 0 Å². The highest BCUT2D eigenvalue weighted by Crippen LogP contribution is 2.43. The number of phosphoric ester groups is 1. The van der Waals surface area contributed by atoms with E-state index in [2.05, 4.69) is 74.6 Å². The molecule has 0 aliphatic heterocycles. The van der Waals surface area contributed by atoms with Gasteiger partial charge in [0.2, 0.25) is 0 Å². The fourth-order valence-corrected chi connectivity index (χ4v) is 12.9. The summed E-state index contributed by atoms with van der Waals surface area (Å²) in [6.45, 7) is 4.40. The van der Waals surface area contributed by atoms with Crippen molar-refractivity contribution in [2.75, 3.05) is 47.5 Å². The molecule has 0 radical (unpaired) electrons. The molecule has 2 atom stereocenters. The fraction of sp³-hybridized carbons (Fsp3) is 0.855. The number of carbonyl (C=O) groups is 2. The average molecular weight is 1330 g/mol. The van der Waals surface area contributed by atoms with Crippen molar-refractivity contribution in [2.24, 2.45) is 0 Å². The minimum atomic E-state index is -4.39. The highest BCUT2D eigenvalue weighted by molar-refractivity contribution is 7.47. The van der Waals surface area contributed by atoms with Crippen LogP contribution in [0, 0.1) is 0 Å². The van der Waals surface area contributed by atoms with Gasteiger partial charge in [0.15, 0.2) is 6.10 Å². The smallest absolute Gasteiger partial charge is 0.462 e. The summed E-state index contributed by atoms with van der Waals surface area (Å²) in [6.07, 6.45) is 99.5. The van der Waals surface area contributed by atoms with Gasteiger partial charge in [-0.05, 0) is 57.8 Å². The predicted octanol–water partition coefficient (Wildman–Crippen LogP) is 26.9. The van der Waals surface area contributed by atoms with Gasteiger partial charge < -0.3 is 18.9 Å². The lowest BCUT2D eigenvalue weighted by Gasteiger charge is -2.24. The van der Waals surface area contributed by atoms with Gasteiger partial charge in [-0.25, -0.2) is 4.57 Å². The van der Waals surface area contributed by atoms with Gasteiger partial charge in [-0.1, -0.05) is 396 Å². The van der Waals surface area contributed by atoms with E-state index in [0.29, 0.717) is 23.9 Å². The van der Waals surface area contributed by atoms with Crippen LogP contribution in [0.4, 0.5) is 0 Å². The monoisotopic (exact) mass is 1330 g/mol. The molecular formula is C83H157NO8P+. The van der Waals surface area contributed by atoms with Gasteiger partial charge in [-0.3, -0.25) is 18.6 Å². The zero-order valence-electron chi connectivity index (χ0n) is 62.5. The summed E-state index contributed by atoms with van der Waals surface area (Å²) in [5.41, 5.74) is 0. The molecule has 0 fully saturated rings. The van der Waals surface area contributed by atoms with E-state index in [1.807, 2.05) is 21.1 Å². The molecule has 2 unspecified atom stereocenters. The fourth-order valence-electron chi connectivity index (χ4n) is 12.2. The molecular weight excluding hydrogens is 1170 g/mol. The number of quaternary nitrogens is 1. The molecule has 0 spiro atoms. The Morgan fingerprint density at radius 1 is 0.344 bits per heavy atom. The van der Waals surface area contributed by atoms with Crippen molar-refractivity contribution in [3.63, 3.8) is 0 Å². The van der Waals surface area contributed by atoms with Gasteiger partial charge in [-0.2, -0.15) is 0 Å². The number of hydrogen-bond donors (Lipinski definition) is 1. The highest BCUT2D eigenvalue weighted by atomic mass is 31.2. The van der Waals surface area contributed by atoms with Crippen LogP contribution in [0.2, 0.25) is 0 Å². The van der Waals surface area contributed by atoms with Gasteiger partial charge in [0.05, 0.1) is 27.7 Å². The van der Waals surface area contributed by atoms with Crippen LogP contribution >= 0.6 is 7.82 Å². The topological polar surface area (TPSA) is 108 Å². The average Bonchev–Trinajstić information content (AvgIpc) is 2.30. The van der Waals surface area contributed by atoms with Crippen LogP contribution in [0.1, 0.15) is 406 Å². The van der Waals surface area contributed by atoms with Crippen molar-refractivity contribution in [3.05, 3.63) is 60.8 Å². The Hall–Kier alpha value is -2.29. The van der Waals surface area contributed by atoms with E-state index in [1.54, 1.807) is 0 Å². The number of hydrogen-bond acceptors (Lipinski definition) is 7. The number of unbranched alkanes of at least 4 members (excludes halogenated alkanes) is 52. The number of esters is 2. The minimum absolute atomic E-state index is 0.0350. The molecule has 0 aliphatic rings. The Labute approximate surface area is 578 Å². The Morgan fingerprint density at radius 3 is 0.914 bits per heavy atom. The minimum Gasteiger partial charge on any atom is -0.462 e. The third-order valence-corrected chi connectivity index (χ3v) is 19.3. The maximum atomic E-state index is 12.9. The summed E-state index contributed by atoms with van der Waals surface area (Å²) in [7, 11) is 1.50. The first-order chi connectivity index (χ1) is 45.5. The summed E-state index contributed by atoms with van der Waals surface area (Å²) in [6, 6.07) is 0. The quantitative estimate of drug-likeness (QED) is 0.0211. The number of rotatable bonds is 76. The molecule has 0 aromatic carbocycles. The first-order valence-electron chi connectivity index (χ1n) is 40.5. The Balaban J connectivity index is 3.88. The second-order valence-electron chi connectivity index (χ2n) is 28.8. The summed E-state index contributed by atoms with van der Waals surface area (Å²) in [4.78, 5) is 36.0. The SMILES string of the molecule is CC/C=C\C/C=C\C/C=C\C/C=C\C/C=C\CCCCCCCCCCCCCCCCCCCCCCCCCCCC(=O)OC(COC(=O)CCCCCCCCCCCCCCCCCCCCCCCCCCCCCC)COP(=O)(O)OCC[N+](C)(C)C. The van der Waals surface area contributed by atoms with Crippen molar-refractivity contribution in [3.8, 4) is 0 Å². The molecule has 0 aromatic heterocycles. The zero-order valence-corrected chi connectivity index (χ0v) is 63.4. The first kappa shape index (κ1) is 90.7. The lowest BCUT2D eigenvalue weighted by atomic mass is 10.0. The van der Waals surface area contributed by atoms with E-state index in [-0.39, 0.29) is 25.6 Å². The predicted molar refractivity (Wildman–Crippen MR) is 404 cm³/mol. The van der Waals surface area contributed by atoms with Gasteiger partial charge >= 0.3 is 19.8 Å². The molecule has 1 N–H and O–H groups in total. The van der Waals surface area contributed by atoms with E-state index >= 15 is 0 Å². The summed E-state index contributed by atoms with van der Waals surface area (Å²) >= 11 is 0. The van der Waals surface area contributed by atoms with Gasteiger partial charge in [0.1, 0.15) is 19.8 Å². The molecule has 546 valence electrons. The molecule has 0 saturated carbocycles. The van der Waals surface area contributed by atoms with E-state index < -0.39 is 26.5 Å². The summed E-state index contributed by atoms with van der Waals surface area (Å²) in [5, 5.41) is 0. The molecule has 93 heavy (non-hydrogen) atoms. The first-order valence-corrected chi connectivity index (χ1v) is 42.0. The maximum absolute atomic E-state index is 12.9. The number of likely N-dealkylation sites (N-methyl/N-ethyl adjacent to an activating group) is 1. The van der Waals surface area contributed by atoms with E-state index in [0.717, 1.165) is 64.2 Å². The van der Waals surface area contributed by atoms with Crippen LogP contribution in [0.3, 0.4) is 0 Å². The summed E-state index contributed by atoms with van der Waals surface area (Å²) in [5.74, 6) is -0.771. The third-order valence-electron chi connectivity index (χ3n) is 18.3. The molecule has 0 aliphatic carbocycles. The third kappa shape index (κ3) is 78.6. The maximum Gasteiger partial charge on any atom is 0.472 e. The van der Waals surface area contributed by atoms with Crippen LogP contribution in [-0.4, -0.2) is 74.9 Å². The molecule has 0 heterocycles. The zero-order chi connectivity index (χ0) is 67.6. The summed E-state index contributed by atoms with van der Waals surface area (Å²) < 4.78 is 34.8. The van der Waals surface area contributed by atoms with Crippen LogP contribution in [0.5, 0.6) is 0 Å². The van der Waals surface area contributed by atoms with E-state index in [4.69, 9.17) is 18.5 Å². The van der Waals surface area contributed by atoms with Crippen LogP contribution in [0.15, 0.2) is 60.8 Å².